The third-order valence-electron chi connectivity index (χ3n) is 3.02. The van der Waals surface area contributed by atoms with Crippen molar-refractivity contribution >= 4 is 32.7 Å². The van der Waals surface area contributed by atoms with E-state index in [0.29, 0.717) is 16.4 Å². The van der Waals surface area contributed by atoms with Gasteiger partial charge in [-0.25, -0.2) is 8.42 Å². The van der Waals surface area contributed by atoms with Gasteiger partial charge in [0.05, 0.1) is 4.90 Å². The molecule has 21 heavy (non-hydrogen) atoms. The topological polar surface area (TPSA) is 72.2 Å². The van der Waals surface area contributed by atoms with E-state index in [0.717, 1.165) is 16.8 Å². The van der Waals surface area contributed by atoms with Gasteiger partial charge in [0.1, 0.15) is 4.99 Å². The molecule has 0 amide bonds. The molecule has 0 radical (unpaired) electrons. The monoisotopic (exact) mass is 320 g/mol. The number of hydrogen-bond donors (Lipinski definition) is 2. The lowest BCUT2D eigenvalue weighted by atomic mass is 10.2. The Morgan fingerprint density at radius 3 is 2.14 bits per heavy atom. The molecular formula is C15H16N2O2S2. The maximum atomic E-state index is 11.4. The highest BCUT2D eigenvalue weighted by molar-refractivity contribution is 7.90. The van der Waals surface area contributed by atoms with Crippen molar-refractivity contribution < 1.29 is 8.42 Å². The molecule has 110 valence electrons. The number of nitrogens with two attached hydrogens (primary N) is 1. The van der Waals surface area contributed by atoms with E-state index >= 15 is 0 Å². The summed E-state index contributed by atoms with van der Waals surface area (Å²) in [5.74, 6) is 0. The SMILES string of the molecule is CS(=O)(=O)c1ccc(CNc2ccc(C(N)=S)cc2)cc1. The molecule has 3 N–H and O–H groups in total. The van der Waals surface area contributed by atoms with Crippen LogP contribution in [0.1, 0.15) is 11.1 Å². The molecule has 0 bridgehead atoms. The molecular weight excluding hydrogens is 304 g/mol. The summed E-state index contributed by atoms with van der Waals surface area (Å²) in [7, 11) is -3.14. The van der Waals surface area contributed by atoms with E-state index in [1.54, 1.807) is 24.3 Å². The smallest absolute Gasteiger partial charge is 0.175 e. The maximum absolute atomic E-state index is 11.4. The molecule has 0 heterocycles. The molecule has 2 aromatic carbocycles. The van der Waals surface area contributed by atoms with Crippen molar-refractivity contribution in [2.45, 2.75) is 11.4 Å². The highest BCUT2D eigenvalue weighted by Gasteiger charge is 2.05. The first kappa shape index (κ1) is 15.5. The van der Waals surface area contributed by atoms with Gasteiger partial charge in [0.15, 0.2) is 9.84 Å². The van der Waals surface area contributed by atoms with E-state index in [1.165, 1.54) is 6.26 Å². The number of benzene rings is 2. The molecule has 2 rings (SSSR count). The number of anilines is 1. The van der Waals surface area contributed by atoms with Crippen LogP contribution >= 0.6 is 12.2 Å². The van der Waals surface area contributed by atoms with E-state index in [9.17, 15) is 8.42 Å². The molecule has 0 aliphatic carbocycles. The van der Waals surface area contributed by atoms with Gasteiger partial charge < -0.3 is 11.1 Å². The van der Waals surface area contributed by atoms with E-state index in [1.807, 2.05) is 24.3 Å². The Morgan fingerprint density at radius 2 is 1.67 bits per heavy atom. The molecule has 0 atom stereocenters. The van der Waals surface area contributed by atoms with Crippen molar-refractivity contribution in [2.75, 3.05) is 11.6 Å². The van der Waals surface area contributed by atoms with Gasteiger partial charge in [-0.2, -0.15) is 0 Å². The lowest BCUT2D eigenvalue weighted by Crippen LogP contribution is -2.09. The average molecular weight is 320 g/mol. The van der Waals surface area contributed by atoms with E-state index in [-0.39, 0.29) is 0 Å². The first-order valence-electron chi connectivity index (χ1n) is 6.29. The zero-order chi connectivity index (χ0) is 15.5. The average Bonchev–Trinajstić information content (AvgIpc) is 2.45. The number of nitrogens with one attached hydrogen (secondary N) is 1. The summed E-state index contributed by atoms with van der Waals surface area (Å²) < 4.78 is 22.7. The zero-order valence-electron chi connectivity index (χ0n) is 11.5. The van der Waals surface area contributed by atoms with Crippen LogP contribution in [0.5, 0.6) is 0 Å². The summed E-state index contributed by atoms with van der Waals surface area (Å²) in [6.07, 6.45) is 1.20. The van der Waals surface area contributed by atoms with Crippen LogP contribution in [0, 0.1) is 0 Å². The second kappa shape index (κ2) is 6.24. The molecule has 0 unspecified atom stereocenters. The first-order chi connectivity index (χ1) is 9.86. The Hall–Kier alpha value is -1.92. The van der Waals surface area contributed by atoms with Crippen LogP contribution in [0.2, 0.25) is 0 Å². The van der Waals surface area contributed by atoms with Crippen LogP contribution in [0.25, 0.3) is 0 Å². The molecule has 0 aromatic heterocycles. The zero-order valence-corrected chi connectivity index (χ0v) is 13.2. The molecule has 0 saturated heterocycles. The molecule has 0 fully saturated rings. The Labute approximate surface area is 129 Å². The highest BCUT2D eigenvalue weighted by Crippen LogP contribution is 2.13. The van der Waals surface area contributed by atoms with Crippen LogP contribution in [0.4, 0.5) is 5.69 Å². The minimum Gasteiger partial charge on any atom is -0.389 e. The van der Waals surface area contributed by atoms with Gasteiger partial charge in [-0.05, 0) is 42.0 Å². The van der Waals surface area contributed by atoms with Gasteiger partial charge in [-0.15, -0.1) is 0 Å². The van der Waals surface area contributed by atoms with Gasteiger partial charge in [-0.3, -0.25) is 0 Å². The van der Waals surface area contributed by atoms with Crippen LogP contribution in [-0.2, 0) is 16.4 Å². The van der Waals surface area contributed by atoms with Gasteiger partial charge in [0.25, 0.3) is 0 Å². The van der Waals surface area contributed by atoms with Gasteiger partial charge >= 0.3 is 0 Å². The summed E-state index contributed by atoms with van der Waals surface area (Å²) in [5.41, 5.74) is 8.31. The third-order valence-corrected chi connectivity index (χ3v) is 4.38. The van der Waals surface area contributed by atoms with Gasteiger partial charge in [0, 0.05) is 24.1 Å². The first-order valence-corrected chi connectivity index (χ1v) is 8.59. The Kier molecular flexibility index (Phi) is 4.59. The maximum Gasteiger partial charge on any atom is 0.175 e. The van der Waals surface area contributed by atoms with Crippen LogP contribution in [0.15, 0.2) is 53.4 Å². The number of rotatable bonds is 5. The standard InChI is InChI=1S/C15H16N2O2S2/c1-21(18,19)14-8-2-11(3-9-14)10-17-13-6-4-12(5-7-13)15(16)20/h2-9,17H,10H2,1H3,(H2,16,20). The summed E-state index contributed by atoms with van der Waals surface area (Å²) >= 11 is 4.90. The molecule has 0 spiro atoms. The Balaban J connectivity index is 2.01. The fourth-order valence-electron chi connectivity index (χ4n) is 1.81. The van der Waals surface area contributed by atoms with Crippen LogP contribution < -0.4 is 11.1 Å². The Morgan fingerprint density at radius 1 is 1.10 bits per heavy atom. The van der Waals surface area contributed by atoms with Gasteiger partial charge in [0.2, 0.25) is 0 Å². The van der Waals surface area contributed by atoms with Crippen molar-refractivity contribution in [3.05, 3.63) is 59.7 Å². The minimum absolute atomic E-state index is 0.326. The lowest BCUT2D eigenvalue weighted by molar-refractivity contribution is 0.602. The number of thiocarbonyl (C=S) groups is 1. The Bertz CT molecular complexity index is 736. The third kappa shape index (κ3) is 4.27. The quantitative estimate of drug-likeness (QED) is 0.827. The largest absolute Gasteiger partial charge is 0.389 e. The lowest BCUT2D eigenvalue weighted by Gasteiger charge is -2.08. The molecule has 0 saturated carbocycles. The molecule has 0 aliphatic heterocycles. The second-order valence-electron chi connectivity index (χ2n) is 4.71. The van der Waals surface area contributed by atoms with Crippen LogP contribution in [0.3, 0.4) is 0 Å². The van der Waals surface area contributed by atoms with E-state index in [4.69, 9.17) is 18.0 Å². The second-order valence-corrected chi connectivity index (χ2v) is 7.17. The molecule has 6 heteroatoms. The summed E-state index contributed by atoms with van der Waals surface area (Å²) in [5, 5.41) is 3.25. The van der Waals surface area contributed by atoms with E-state index in [2.05, 4.69) is 5.32 Å². The number of sulfone groups is 1. The normalized spacial score (nSPS) is 11.1. The molecule has 4 nitrogen and oxygen atoms in total. The van der Waals surface area contributed by atoms with Crippen molar-refractivity contribution in [1.29, 1.82) is 0 Å². The van der Waals surface area contributed by atoms with E-state index < -0.39 is 9.84 Å². The fraction of sp³-hybridized carbons (Fsp3) is 0.133. The highest BCUT2D eigenvalue weighted by atomic mass is 32.2. The van der Waals surface area contributed by atoms with Gasteiger partial charge in [-0.1, -0.05) is 24.4 Å². The minimum atomic E-state index is -3.14. The molecule has 0 aliphatic rings. The summed E-state index contributed by atoms with van der Waals surface area (Å²) in [4.78, 5) is 0.699. The van der Waals surface area contributed by atoms with Crippen molar-refractivity contribution in [1.82, 2.24) is 0 Å². The van der Waals surface area contributed by atoms with Crippen molar-refractivity contribution in [2.24, 2.45) is 5.73 Å². The summed E-state index contributed by atoms with van der Waals surface area (Å²) in [6, 6.07) is 14.3. The van der Waals surface area contributed by atoms with Crippen LogP contribution in [-0.4, -0.2) is 19.7 Å². The fourth-order valence-corrected chi connectivity index (χ4v) is 2.58. The van der Waals surface area contributed by atoms with Crippen molar-refractivity contribution in [3.8, 4) is 0 Å². The summed E-state index contributed by atoms with van der Waals surface area (Å²) in [6.45, 7) is 0.608. The van der Waals surface area contributed by atoms with Crippen molar-refractivity contribution in [3.63, 3.8) is 0 Å². The predicted molar refractivity (Wildman–Crippen MR) is 89.2 cm³/mol. The number of hydrogen-bond acceptors (Lipinski definition) is 4. The predicted octanol–water partition coefficient (Wildman–Crippen LogP) is 2.34. The molecule has 2 aromatic rings.